The van der Waals surface area contributed by atoms with Gasteiger partial charge in [0.15, 0.2) is 0 Å². The number of hydrogen-bond donors (Lipinski definition) is 1. The molecule has 2 amide bonds. The highest BCUT2D eigenvalue weighted by Gasteiger charge is 2.22. The first kappa shape index (κ1) is 13.8. The van der Waals surface area contributed by atoms with Crippen LogP contribution in [0.2, 0.25) is 0 Å². The lowest BCUT2D eigenvalue weighted by molar-refractivity contribution is -0.117. The molecule has 1 aromatic heterocycles. The molecule has 0 saturated heterocycles. The van der Waals surface area contributed by atoms with Gasteiger partial charge in [0.1, 0.15) is 0 Å². The monoisotopic (exact) mass is 300 g/mol. The maximum Gasteiger partial charge on any atom is 0.261 e. The minimum atomic E-state index is -0.191. The molecule has 5 heteroatoms. The molecule has 1 N–H and O–H groups in total. The minimum absolute atomic E-state index is 0.0328. The van der Waals surface area contributed by atoms with Gasteiger partial charge in [-0.1, -0.05) is 24.3 Å². The summed E-state index contributed by atoms with van der Waals surface area (Å²) in [5, 5.41) is 4.54. The molecule has 0 aliphatic carbocycles. The molecule has 1 aliphatic rings. The first-order valence-electron chi connectivity index (χ1n) is 6.95. The molecule has 3 rings (SSSR count). The van der Waals surface area contributed by atoms with Gasteiger partial charge >= 0.3 is 0 Å². The van der Waals surface area contributed by atoms with Gasteiger partial charge in [-0.15, -0.1) is 11.3 Å². The smallest absolute Gasteiger partial charge is 0.261 e. The van der Waals surface area contributed by atoms with Gasteiger partial charge in [0.2, 0.25) is 5.91 Å². The number of carbonyl (C=O) groups is 2. The Balaban J connectivity index is 1.65. The lowest BCUT2D eigenvalue weighted by Crippen LogP contribution is -2.42. The van der Waals surface area contributed by atoms with Crippen LogP contribution in [0.5, 0.6) is 0 Å². The standard InChI is InChI=1S/C16H16N2O2S/c19-15(11-17-16(20)14-8-4-10-21-14)18-9-3-6-12-5-1-2-7-13(12)18/h1-2,4-5,7-8,10H,3,6,9,11H2,(H,17,20). The predicted molar refractivity (Wildman–Crippen MR) is 83.8 cm³/mol. The van der Waals surface area contributed by atoms with Crippen molar-refractivity contribution in [1.29, 1.82) is 0 Å². The average molecular weight is 300 g/mol. The molecule has 2 aromatic rings. The van der Waals surface area contributed by atoms with E-state index < -0.39 is 0 Å². The molecule has 21 heavy (non-hydrogen) atoms. The maximum absolute atomic E-state index is 12.3. The number of anilines is 1. The fourth-order valence-electron chi connectivity index (χ4n) is 2.54. The SMILES string of the molecule is O=C(NCC(=O)N1CCCc2ccccc21)c1cccs1. The van der Waals surface area contributed by atoms with E-state index in [2.05, 4.69) is 11.4 Å². The first-order valence-corrected chi connectivity index (χ1v) is 7.83. The van der Waals surface area contributed by atoms with Crippen molar-refractivity contribution in [3.05, 3.63) is 52.2 Å². The van der Waals surface area contributed by atoms with Gasteiger partial charge < -0.3 is 10.2 Å². The second-order valence-corrected chi connectivity index (χ2v) is 5.89. The third-order valence-electron chi connectivity index (χ3n) is 3.56. The van der Waals surface area contributed by atoms with E-state index in [1.54, 1.807) is 11.0 Å². The van der Waals surface area contributed by atoms with Crippen LogP contribution in [0.25, 0.3) is 0 Å². The molecular formula is C16H16N2O2S. The van der Waals surface area contributed by atoms with Crippen molar-refractivity contribution in [3.63, 3.8) is 0 Å². The van der Waals surface area contributed by atoms with Crippen LogP contribution in [0, 0.1) is 0 Å². The van der Waals surface area contributed by atoms with E-state index in [9.17, 15) is 9.59 Å². The summed E-state index contributed by atoms with van der Waals surface area (Å²) in [7, 11) is 0. The number of thiophene rings is 1. The third-order valence-corrected chi connectivity index (χ3v) is 4.43. The zero-order chi connectivity index (χ0) is 14.7. The van der Waals surface area contributed by atoms with Gasteiger partial charge in [-0.2, -0.15) is 0 Å². The van der Waals surface area contributed by atoms with Crippen LogP contribution in [0.15, 0.2) is 41.8 Å². The molecule has 0 atom stereocenters. The van der Waals surface area contributed by atoms with Gasteiger partial charge in [0, 0.05) is 12.2 Å². The molecular weight excluding hydrogens is 284 g/mol. The van der Waals surface area contributed by atoms with Crippen LogP contribution in [0.1, 0.15) is 21.7 Å². The highest BCUT2D eigenvalue weighted by molar-refractivity contribution is 7.12. The summed E-state index contributed by atoms with van der Waals surface area (Å²) < 4.78 is 0. The number of para-hydroxylation sites is 1. The van der Waals surface area contributed by atoms with E-state index in [1.807, 2.05) is 29.6 Å². The van der Waals surface area contributed by atoms with Gasteiger partial charge in [0.25, 0.3) is 5.91 Å². The van der Waals surface area contributed by atoms with E-state index in [0.29, 0.717) is 11.4 Å². The number of nitrogens with one attached hydrogen (secondary N) is 1. The highest BCUT2D eigenvalue weighted by Crippen LogP contribution is 2.26. The molecule has 4 nitrogen and oxygen atoms in total. The summed E-state index contributed by atoms with van der Waals surface area (Å²) >= 11 is 1.37. The molecule has 2 heterocycles. The molecule has 0 fully saturated rings. The number of fused-ring (bicyclic) bond motifs is 1. The van der Waals surface area contributed by atoms with Crippen molar-refractivity contribution >= 4 is 28.8 Å². The number of benzene rings is 1. The Hall–Kier alpha value is -2.14. The number of nitrogens with zero attached hydrogens (tertiary/aromatic N) is 1. The van der Waals surface area contributed by atoms with Crippen LogP contribution in [-0.2, 0) is 11.2 Å². The lowest BCUT2D eigenvalue weighted by Gasteiger charge is -2.29. The summed E-state index contributed by atoms with van der Waals surface area (Å²) in [6, 6.07) is 11.5. The first-order chi connectivity index (χ1) is 10.3. The van der Waals surface area contributed by atoms with E-state index >= 15 is 0 Å². The van der Waals surface area contributed by atoms with Gasteiger partial charge in [0.05, 0.1) is 11.4 Å². The van der Waals surface area contributed by atoms with Gasteiger partial charge in [-0.05, 0) is 35.9 Å². The maximum atomic E-state index is 12.3. The summed E-state index contributed by atoms with van der Waals surface area (Å²) in [5.74, 6) is -0.254. The van der Waals surface area contributed by atoms with Crippen LogP contribution in [0.4, 0.5) is 5.69 Å². The Morgan fingerprint density at radius 1 is 1.19 bits per heavy atom. The Morgan fingerprint density at radius 2 is 2.05 bits per heavy atom. The number of hydrogen-bond acceptors (Lipinski definition) is 3. The fourth-order valence-corrected chi connectivity index (χ4v) is 3.18. The minimum Gasteiger partial charge on any atom is -0.342 e. The zero-order valence-electron chi connectivity index (χ0n) is 11.5. The molecule has 0 spiro atoms. The summed E-state index contributed by atoms with van der Waals surface area (Å²) in [6.07, 6.45) is 1.96. The molecule has 0 saturated carbocycles. The normalized spacial score (nSPS) is 13.6. The number of carbonyl (C=O) groups excluding carboxylic acids is 2. The Kier molecular flexibility index (Phi) is 4.01. The average Bonchev–Trinajstić information content (AvgIpc) is 3.06. The van der Waals surface area contributed by atoms with Crippen molar-refractivity contribution in [2.24, 2.45) is 0 Å². The van der Waals surface area contributed by atoms with Crippen LogP contribution in [-0.4, -0.2) is 24.9 Å². The Bertz CT molecular complexity index is 652. The third kappa shape index (κ3) is 2.97. The van der Waals surface area contributed by atoms with Gasteiger partial charge in [-0.25, -0.2) is 0 Å². The molecule has 0 bridgehead atoms. The van der Waals surface area contributed by atoms with Crippen molar-refractivity contribution < 1.29 is 9.59 Å². The predicted octanol–water partition coefficient (Wildman–Crippen LogP) is 2.46. The Labute approximate surface area is 127 Å². The second-order valence-electron chi connectivity index (χ2n) is 4.94. The van der Waals surface area contributed by atoms with Crippen molar-refractivity contribution in [3.8, 4) is 0 Å². The summed E-state index contributed by atoms with van der Waals surface area (Å²) in [4.78, 5) is 26.6. The molecule has 108 valence electrons. The van der Waals surface area contributed by atoms with E-state index in [1.165, 1.54) is 16.9 Å². The quantitative estimate of drug-likeness (QED) is 0.946. The molecule has 0 unspecified atom stereocenters. The van der Waals surface area contributed by atoms with Crippen molar-refractivity contribution in [2.45, 2.75) is 12.8 Å². The van der Waals surface area contributed by atoms with Crippen molar-refractivity contribution in [1.82, 2.24) is 5.32 Å². The fraction of sp³-hybridized carbons (Fsp3) is 0.250. The number of amides is 2. The van der Waals surface area contributed by atoms with Crippen LogP contribution >= 0.6 is 11.3 Å². The highest BCUT2D eigenvalue weighted by atomic mass is 32.1. The van der Waals surface area contributed by atoms with Crippen LogP contribution in [0.3, 0.4) is 0 Å². The van der Waals surface area contributed by atoms with E-state index in [0.717, 1.165) is 18.5 Å². The second kappa shape index (κ2) is 6.10. The molecule has 1 aromatic carbocycles. The van der Waals surface area contributed by atoms with Crippen LogP contribution < -0.4 is 10.2 Å². The molecule has 0 radical (unpaired) electrons. The van der Waals surface area contributed by atoms with E-state index in [4.69, 9.17) is 0 Å². The lowest BCUT2D eigenvalue weighted by atomic mass is 10.0. The Morgan fingerprint density at radius 3 is 2.86 bits per heavy atom. The topological polar surface area (TPSA) is 49.4 Å². The summed E-state index contributed by atoms with van der Waals surface area (Å²) in [5.41, 5.74) is 2.17. The number of rotatable bonds is 3. The van der Waals surface area contributed by atoms with Gasteiger partial charge in [-0.3, -0.25) is 9.59 Å². The number of aryl methyl sites for hydroxylation is 1. The largest absolute Gasteiger partial charge is 0.342 e. The zero-order valence-corrected chi connectivity index (χ0v) is 12.4. The summed E-state index contributed by atoms with van der Waals surface area (Å²) in [6.45, 7) is 0.746. The van der Waals surface area contributed by atoms with E-state index in [-0.39, 0.29) is 18.4 Å². The molecule has 1 aliphatic heterocycles. The van der Waals surface area contributed by atoms with Crippen molar-refractivity contribution in [2.75, 3.05) is 18.0 Å².